The van der Waals surface area contributed by atoms with Gasteiger partial charge in [-0.05, 0) is 6.42 Å². The SMILES string of the molecule is CCCn1ncnc1CNc1cc(F)c(F)c(F)c1. The number of hydrogen-bond donors (Lipinski definition) is 1. The molecule has 0 saturated carbocycles. The molecule has 0 radical (unpaired) electrons. The molecule has 1 aromatic carbocycles. The molecule has 4 nitrogen and oxygen atoms in total. The molecule has 1 heterocycles. The first kappa shape index (κ1) is 13.4. The fourth-order valence-electron chi connectivity index (χ4n) is 1.66. The van der Waals surface area contributed by atoms with E-state index in [-0.39, 0.29) is 12.2 Å². The van der Waals surface area contributed by atoms with E-state index in [0.717, 1.165) is 18.6 Å². The first-order valence-electron chi connectivity index (χ1n) is 5.87. The number of nitrogens with zero attached hydrogens (tertiary/aromatic N) is 3. The third-order valence-electron chi connectivity index (χ3n) is 2.57. The van der Waals surface area contributed by atoms with E-state index in [9.17, 15) is 13.2 Å². The Balaban J connectivity index is 2.08. The first-order valence-corrected chi connectivity index (χ1v) is 5.87. The lowest BCUT2D eigenvalue weighted by Gasteiger charge is -2.08. The fraction of sp³-hybridized carbons (Fsp3) is 0.333. The number of nitrogens with one attached hydrogen (secondary N) is 1. The molecular formula is C12H13F3N4. The number of hydrogen-bond acceptors (Lipinski definition) is 3. The molecule has 1 aromatic heterocycles. The van der Waals surface area contributed by atoms with E-state index in [1.54, 1.807) is 4.68 Å². The van der Waals surface area contributed by atoms with Crippen molar-refractivity contribution in [2.45, 2.75) is 26.4 Å². The Bertz CT molecular complexity index is 545. The molecule has 0 unspecified atom stereocenters. The predicted octanol–water partition coefficient (Wildman–Crippen LogP) is 2.72. The zero-order chi connectivity index (χ0) is 13.8. The standard InChI is InChI=1S/C12H13F3N4/c1-2-3-19-11(17-7-18-19)6-16-8-4-9(13)12(15)10(14)5-8/h4-5,7,16H,2-3,6H2,1H3. The third kappa shape index (κ3) is 3.04. The molecular weight excluding hydrogens is 257 g/mol. The summed E-state index contributed by atoms with van der Waals surface area (Å²) in [7, 11) is 0. The van der Waals surface area contributed by atoms with Gasteiger partial charge in [0, 0.05) is 24.4 Å². The number of aryl methyl sites for hydroxylation is 1. The normalized spacial score (nSPS) is 10.7. The summed E-state index contributed by atoms with van der Waals surface area (Å²) in [5.41, 5.74) is 0.155. The first-order chi connectivity index (χ1) is 9.11. The zero-order valence-corrected chi connectivity index (χ0v) is 10.3. The molecule has 7 heteroatoms. The molecule has 0 aliphatic heterocycles. The summed E-state index contributed by atoms with van der Waals surface area (Å²) in [5.74, 6) is -3.28. The summed E-state index contributed by atoms with van der Waals surface area (Å²) in [6, 6.07) is 1.80. The number of anilines is 1. The summed E-state index contributed by atoms with van der Waals surface area (Å²) in [6.07, 6.45) is 2.31. The Hall–Kier alpha value is -2.05. The van der Waals surface area contributed by atoms with Crippen LogP contribution in [0.5, 0.6) is 0 Å². The van der Waals surface area contributed by atoms with Crippen LogP contribution in [-0.4, -0.2) is 14.8 Å². The molecule has 19 heavy (non-hydrogen) atoms. The lowest BCUT2D eigenvalue weighted by molar-refractivity contribution is 0.447. The van der Waals surface area contributed by atoms with Crippen molar-refractivity contribution in [1.82, 2.24) is 14.8 Å². The molecule has 0 fully saturated rings. The van der Waals surface area contributed by atoms with Crippen molar-refractivity contribution in [1.29, 1.82) is 0 Å². The van der Waals surface area contributed by atoms with Crippen LogP contribution < -0.4 is 5.32 Å². The summed E-state index contributed by atoms with van der Waals surface area (Å²) in [4.78, 5) is 4.04. The second-order valence-corrected chi connectivity index (χ2v) is 4.01. The van der Waals surface area contributed by atoms with Gasteiger partial charge in [-0.25, -0.2) is 22.8 Å². The minimum atomic E-state index is -1.47. The summed E-state index contributed by atoms with van der Waals surface area (Å²) >= 11 is 0. The Labute approximate surface area is 108 Å². The maximum Gasteiger partial charge on any atom is 0.194 e. The van der Waals surface area contributed by atoms with Crippen LogP contribution in [0.4, 0.5) is 18.9 Å². The number of aromatic nitrogens is 3. The minimum Gasteiger partial charge on any atom is -0.378 e. The zero-order valence-electron chi connectivity index (χ0n) is 10.3. The van der Waals surface area contributed by atoms with Gasteiger partial charge in [-0.3, -0.25) is 0 Å². The molecule has 0 saturated heterocycles. The van der Waals surface area contributed by atoms with Crippen LogP contribution in [0.15, 0.2) is 18.5 Å². The molecule has 0 aliphatic rings. The lowest BCUT2D eigenvalue weighted by Crippen LogP contribution is -2.10. The average molecular weight is 270 g/mol. The molecule has 0 bridgehead atoms. The second-order valence-electron chi connectivity index (χ2n) is 4.01. The summed E-state index contributed by atoms with van der Waals surface area (Å²) in [5, 5.41) is 6.81. The molecule has 0 aliphatic carbocycles. The van der Waals surface area contributed by atoms with Crippen LogP contribution in [0.2, 0.25) is 0 Å². The molecule has 0 amide bonds. The quantitative estimate of drug-likeness (QED) is 0.849. The van der Waals surface area contributed by atoms with Gasteiger partial charge in [-0.2, -0.15) is 5.10 Å². The highest BCUT2D eigenvalue weighted by Crippen LogP contribution is 2.17. The topological polar surface area (TPSA) is 42.7 Å². The third-order valence-corrected chi connectivity index (χ3v) is 2.57. The second kappa shape index (κ2) is 5.73. The molecule has 2 rings (SSSR count). The lowest BCUT2D eigenvalue weighted by atomic mass is 10.3. The molecule has 0 spiro atoms. The smallest absolute Gasteiger partial charge is 0.194 e. The van der Waals surface area contributed by atoms with E-state index in [2.05, 4.69) is 15.4 Å². The van der Waals surface area contributed by atoms with Crippen molar-refractivity contribution >= 4 is 5.69 Å². The summed E-state index contributed by atoms with van der Waals surface area (Å²) < 4.78 is 40.5. The van der Waals surface area contributed by atoms with Gasteiger partial charge in [0.25, 0.3) is 0 Å². The molecule has 102 valence electrons. The summed E-state index contributed by atoms with van der Waals surface area (Å²) in [6.45, 7) is 2.97. The van der Waals surface area contributed by atoms with Crippen LogP contribution in [0.1, 0.15) is 19.2 Å². The van der Waals surface area contributed by atoms with Crippen molar-refractivity contribution < 1.29 is 13.2 Å². The van der Waals surface area contributed by atoms with Crippen LogP contribution >= 0.6 is 0 Å². The van der Waals surface area contributed by atoms with Crippen LogP contribution in [0, 0.1) is 17.5 Å². The maximum absolute atomic E-state index is 13.0. The van der Waals surface area contributed by atoms with E-state index in [1.807, 2.05) is 6.92 Å². The Morgan fingerprint density at radius 3 is 2.53 bits per heavy atom. The molecule has 1 N–H and O–H groups in total. The van der Waals surface area contributed by atoms with E-state index < -0.39 is 17.5 Å². The van der Waals surface area contributed by atoms with Gasteiger partial charge in [0.05, 0.1) is 6.54 Å². The Morgan fingerprint density at radius 1 is 1.21 bits per heavy atom. The number of benzene rings is 1. The van der Waals surface area contributed by atoms with Gasteiger partial charge in [0.15, 0.2) is 17.5 Å². The predicted molar refractivity (Wildman–Crippen MR) is 64.0 cm³/mol. The van der Waals surface area contributed by atoms with Gasteiger partial charge in [-0.1, -0.05) is 6.92 Å². The Kier molecular flexibility index (Phi) is 4.03. The molecule has 2 aromatic rings. The van der Waals surface area contributed by atoms with Gasteiger partial charge in [-0.15, -0.1) is 0 Å². The van der Waals surface area contributed by atoms with E-state index in [4.69, 9.17) is 0 Å². The van der Waals surface area contributed by atoms with Crippen molar-refractivity contribution in [3.8, 4) is 0 Å². The highest BCUT2D eigenvalue weighted by molar-refractivity contribution is 5.44. The van der Waals surface area contributed by atoms with Gasteiger partial charge in [0.1, 0.15) is 12.2 Å². The van der Waals surface area contributed by atoms with Crippen molar-refractivity contribution in [2.24, 2.45) is 0 Å². The van der Waals surface area contributed by atoms with Crippen molar-refractivity contribution in [2.75, 3.05) is 5.32 Å². The van der Waals surface area contributed by atoms with Crippen molar-refractivity contribution in [3.05, 3.63) is 41.7 Å². The highest BCUT2D eigenvalue weighted by Gasteiger charge is 2.11. The Morgan fingerprint density at radius 2 is 1.89 bits per heavy atom. The van der Waals surface area contributed by atoms with Gasteiger partial charge >= 0.3 is 0 Å². The monoisotopic (exact) mass is 270 g/mol. The highest BCUT2D eigenvalue weighted by atomic mass is 19.2. The molecule has 0 atom stereocenters. The minimum absolute atomic E-state index is 0.155. The average Bonchev–Trinajstić information content (AvgIpc) is 2.81. The van der Waals surface area contributed by atoms with Gasteiger partial charge < -0.3 is 5.32 Å². The van der Waals surface area contributed by atoms with E-state index >= 15 is 0 Å². The fourth-order valence-corrected chi connectivity index (χ4v) is 1.66. The van der Waals surface area contributed by atoms with Crippen molar-refractivity contribution in [3.63, 3.8) is 0 Å². The van der Waals surface area contributed by atoms with E-state index in [1.165, 1.54) is 6.33 Å². The van der Waals surface area contributed by atoms with Crippen LogP contribution in [-0.2, 0) is 13.1 Å². The van der Waals surface area contributed by atoms with Crippen LogP contribution in [0.25, 0.3) is 0 Å². The van der Waals surface area contributed by atoms with E-state index in [0.29, 0.717) is 12.4 Å². The van der Waals surface area contributed by atoms with Gasteiger partial charge in [0.2, 0.25) is 0 Å². The number of rotatable bonds is 5. The number of halogens is 3. The largest absolute Gasteiger partial charge is 0.378 e. The van der Waals surface area contributed by atoms with Crippen LogP contribution in [0.3, 0.4) is 0 Å². The maximum atomic E-state index is 13.0.